The average molecular weight is 380 g/mol. The number of aryl methyl sites for hydroxylation is 2. The highest BCUT2D eigenvalue weighted by atomic mass is 19.1. The number of benzene rings is 2. The summed E-state index contributed by atoms with van der Waals surface area (Å²) >= 11 is 0. The molecule has 0 unspecified atom stereocenters. The number of fused-ring (bicyclic) bond motifs is 2. The average Bonchev–Trinajstić information content (AvgIpc) is 2.60. The third kappa shape index (κ3) is 3.50. The predicted molar refractivity (Wildman–Crippen MR) is 107 cm³/mol. The first-order chi connectivity index (χ1) is 13.4. The molecule has 0 bridgehead atoms. The molecule has 0 saturated heterocycles. The summed E-state index contributed by atoms with van der Waals surface area (Å²) in [5, 5.41) is 3.45. The van der Waals surface area contributed by atoms with Crippen LogP contribution in [0.2, 0.25) is 0 Å². The van der Waals surface area contributed by atoms with Crippen molar-refractivity contribution >= 4 is 28.3 Å². The Bertz CT molecular complexity index is 1140. The molecule has 144 valence electrons. The lowest BCUT2D eigenvalue weighted by Crippen LogP contribution is -2.30. The van der Waals surface area contributed by atoms with Crippen molar-refractivity contribution in [2.75, 3.05) is 16.8 Å². The Kier molecular flexibility index (Phi) is 4.63. The molecule has 1 aromatic heterocycles. The van der Waals surface area contributed by atoms with Crippen molar-refractivity contribution in [3.8, 4) is 0 Å². The van der Waals surface area contributed by atoms with E-state index < -0.39 is 5.63 Å². The topological polar surface area (TPSA) is 62.6 Å². The SMILES string of the molecule is CC(=O)Nc1ccc2c(CN3CCCc4cc(C)cc(F)c43)cc(=O)oc2c1. The molecule has 4 rings (SSSR count). The van der Waals surface area contributed by atoms with Crippen LogP contribution in [0.25, 0.3) is 11.0 Å². The third-order valence-corrected chi connectivity index (χ3v) is 4.99. The predicted octanol–water partition coefficient (Wildman–Crippen LogP) is 4.15. The van der Waals surface area contributed by atoms with Gasteiger partial charge in [-0.05, 0) is 54.7 Å². The van der Waals surface area contributed by atoms with Gasteiger partial charge in [-0.1, -0.05) is 6.07 Å². The number of anilines is 2. The summed E-state index contributed by atoms with van der Waals surface area (Å²) in [5.74, 6) is -0.427. The van der Waals surface area contributed by atoms with E-state index in [1.807, 2.05) is 24.0 Å². The van der Waals surface area contributed by atoms with Crippen LogP contribution in [0.3, 0.4) is 0 Å². The number of hydrogen-bond acceptors (Lipinski definition) is 4. The van der Waals surface area contributed by atoms with E-state index in [4.69, 9.17) is 4.42 Å². The van der Waals surface area contributed by atoms with E-state index in [-0.39, 0.29) is 11.7 Å². The lowest BCUT2D eigenvalue weighted by Gasteiger charge is -2.32. The number of amides is 1. The monoisotopic (exact) mass is 380 g/mol. The largest absolute Gasteiger partial charge is 0.423 e. The fourth-order valence-electron chi connectivity index (χ4n) is 3.93. The quantitative estimate of drug-likeness (QED) is 0.694. The van der Waals surface area contributed by atoms with E-state index in [0.29, 0.717) is 23.5 Å². The van der Waals surface area contributed by atoms with Gasteiger partial charge in [0.2, 0.25) is 5.91 Å². The Morgan fingerprint density at radius 1 is 1.25 bits per heavy atom. The Morgan fingerprint density at radius 3 is 2.86 bits per heavy atom. The van der Waals surface area contributed by atoms with Gasteiger partial charge in [0.15, 0.2) is 0 Å². The molecule has 3 aromatic rings. The standard InChI is InChI=1S/C22H21FN2O3/c1-13-8-15-4-3-7-25(22(15)19(23)9-13)12-16-10-21(27)28-20-11-17(24-14(2)26)5-6-18(16)20/h5-6,8-11H,3-4,7,12H2,1-2H3,(H,24,26). The van der Waals surface area contributed by atoms with Crippen LogP contribution in [-0.4, -0.2) is 12.5 Å². The van der Waals surface area contributed by atoms with Gasteiger partial charge in [0.1, 0.15) is 11.4 Å². The molecule has 0 radical (unpaired) electrons. The first kappa shape index (κ1) is 18.2. The van der Waals surface area contributed by atoms with Crippen molar-refractivity contribution in [1.29, 1.82) is 0 Å². The molecule has 2 aromatic carbocycles. The molecule has 28 heavy (non-hydrogen) atoms. The van der Waals surface area contributed by atoms with E-state index in [1.165, 1.54) is 13.0 Å². The smallest absolute Gasteiger partial charge is 0.336 e. The van der Waals surface area contributed by atoms with Gasteiger partial charge in [-0.15, -0.1) is 0 Å². The Morgan fingerprint density at radius 2 is 2.07 bits per heavy atom. The number of carbonyl (C=O) groups excluding carboxylic acids is 1. The molecule has 1 amide bonds. The minimum Gasteiger partial charge on any atom is -0.423 e. The Labute approximate surface area is 161 Å². The summed E-state index contributed by atoms with van der Waals surface area (Å²) in [6.45, 7) is 4.44. The van der Waals surface area contributed by atoms with E-state index in [1.54, 1.807) is 18.2 Å². The van der Waals surface area contributed by atoms with E-state index >= 15 is 0 Å². The summed E-state index contributed by atoms with van der Waals surface area (Å²) in [5.41, 5.74) is 3.80. The summed E-state index contributed by atoms with van der Waals surface area (Å²) in [4.78, 5) is 25.4. The van der Waals surface area contributed by atoms with Gasteiger partial charge in [0.25, 0.3) is 0 Å². The minimum atomic E-state index is -0.468. The fourth-order valence-corrected chi connectivity index (χ4v) is 3.93. The van der Waals surface area contributed by atoms with Crippen LogP contribution >= 0.6 is 0 Å². The lowest BCUT2D eigenvalue weighted by atomic mass is 9.98. The van der Waals surface area contributed by atoms with Crippen molar-refractivity contribution in [2.45, 2.75) is 33.2 Å². The zero-order chi connectivity index (χ0) is 19.8. The van der Waals surface area contributed by atoms with Crippen LogP contribution in [0, 0.1) is 12.7 Å². The maximum Gasteiger partial charge on any atom is 0.336 e. The molecular formula is C22H21FN2O3. The normalized spacial score (nSPS) is 13.5. The fraction of sp³-hybridized carbons (Fsp3) is 0.273. The molecule has 0 spiro atoms. The third-order valence-electron chi connectivity index (χ3n) is 4.99. The first-order valence-corrected chi connectivity index (χ1v) is 9.29. The highest BCUT2D eigenvalue weighted by Crippen LogP contribution is 2.33. The van der Waals surface area contributed by atoms with Crippen molar-refractivity contribution < 1.29 is 13.6 Å². The maximum atomic E-state index is 14.7. The van der Waals surface area contributed by atoms with Crippen LogP contribution < -0.4 is 15.8 Å². The number of carbonyl (C=O) groups is 1. The molecule has 1 aliphatic rings. The van der Waals surface area contributed by atoms with Crippen molar-refractivity contribution in [1.82, 2.24) is 0 Å². The molecule has 1 N–H and O–H groups in total. The first-order valence-electron chi connectivity index (χ1n) is 9.29. The van der Waals surface area contributed by atoms with E-state index in [9.17, 15) is 14.0 Å². The number of halogens is 1. The summed E-state index contributed by atoms with van der Waals surface area (Å²) < 4.78 is 20.0. The van der Waals surface area contributed by atoms with Gasteiger partial charge < -0.3 is 14.6 Å². The number of nitrogens with zero attached hydrogens (tertiary/aromatic N) is 1. The lowest BCUT2D eigenvalue weighted by molar-refractivity contribution is -0.114. The van der Waals surface area contributed by atoms with Crippen LogP contribution in [0.15, 0.2) is 45.6 Å². The van der Waals surface area contributed by atoms with Crippen molar-refractivity contribution in [3.05, 3.63) is 69.3 Å². The van der Waals surface area contributed by atoms with Crippen LogP contribution in [0.5, 0.6) is 0 Å². The molecule has 2 heterocycles. The Balaban J connectivity index is 1.75. The minimum absolute atomic E-state index is 0.200. The van der Waals surface area contributed by atoms with Gasteiger partial charge in [0.05, 0.1) is 5.69 Å². The molecule has 0 aliphatic carbocycles. The second-order valence-corrected chi connectivity index (χ2v) is 7.26. The van der Waals surface area contributed by atoms with Gasteiger partial charge in [-0.25, -0.2) is 9.18 Å². The molecule has 0 atom stereocenters. The highest BCUT2D eigenvalue weighted by Gasteiger charge is 2.22. The van der Waals surface area contributed by atoms with Gasteiger partial charge in [-0.2, -0.15) is 0 Å². The number of nitrogens with one attached hydrogen (secondary N) is 1. The molecule has 0 fully saturated rings. The van der Waals surface area contributed by atoms with Crippen molar-refractivity contribution in [2.24, 2.45) is 0 Å². The number of hydrogen-bond donors (Lipinski definition) is 1. The van der Waals surface area contributed by atoms with Gasteiger partial charge in [-0.3, -0.25) is 4.79 Å². The Hall–Kier alpha value is -3.15. The molecular weight excluding hydrogens is 359 g/mol. The highest BCUT2D eigenvalue weighted by molar-refractivity contribution is 5.92. The second-order valence-electron chi connectivity index (χ2n) is 7.26. The summed E-state index contributed by atoms with van der Waals surface area (Å²) in [7, 11) is 0. The van der Waals surface area contributed by atoms with E-state index in [2.05, 4.69) is 5.32 Å². The maximum absolute atomic E-state index is 14.7. The van der Waals surface area contributed by atoms with Gasteiger partial charge in [0, 0.05) is 43.2 Å². The van der Waals surface area contributed by atoms with Crippen LogP contribution in [0.1, 0.15) is 30.0 Å². The molecule has 0 saturated carbocycles. The zero-order valence-corrected chi connectivity index (χ0v) is 15.8. The van der Waals surface area contributed by atoms with Crippen LogP contribution in [-0.2, 0) is 17.8 Å². The number of rotatable bonds is 3. The second kappa shape index (κ2) is 7.11. The molecule has 6 heteroatoms. The van der Waals surface area contributed by atoms with Gasteiger partial charge >= 0.3 is 5.63 Å². The molecule has 1 aliphatic heterocycles. The van der Waals surface area contributed by atoms with E-state index in [0.717, 1.165) is 41.5 Å². The molecule has 5 nitrogen and oxygen atoms in total. The van der Waals surface area contributed by atoms with Crippen molar-refractivity contribution in [3.63, 3.8) is 0 Å². The van der Waals surface area contributed by atoms with Crippen LogP contribution in [0.4, 0.5) is 15.8 Å². The zero-order valence-electron chi connectivity index (χ0n) is 15.8. The summed E-state index contributed by atoms with van der Waals surface area (Å²) in [6.07, 6.45) is 1.78. The summed E-state index contributed by atoms with van der Waals surface area (Å²) in [6, 6.07) is 10.3.